The minimum Gasteiger partial charge on any atom is -0.497 e. The average Bonchev–Trinajstić information content (AvgIpc) is 2.78. The summed E-state index contributed by atoms with van der Waals surface area (Å²) in [5.74, 6) is 0.879. The molecule has 1 saturated carbocycles. The highest BCUT2D eigenvalue weighted by molar-refractivity contribution is 5.93. The summed E-state index contributed by atoms with van der Waals surface area (Å²) in [5, 5.41) is 22.1. The van der Waals surface area contributed by atoms with Crippen molar-refractivity contribution in [3.8, 4) is 5.75 Å². The largest absolute Gasteiger partial charge is 0.497 e. The Bertz CT molecular complexity index is 735. The van der Waals surface area contributed by atoms with Crippen LogP contribution in [0, 0.1) is 5.41 Å². The maximum atomic E-state index is 12.4. The number of ketones is 1. The summed E-state index contributed by atoms with van der Waals surface area (Å²) in [6.45, 7) is 1.82. The highest BCUT2D eigenvalue weighted by atomic mass is 16.5. The minimum absolute atomic E-state index is 0.0751. The molecule has 1 fully saturated rings. The fraction of sp³-hybridized carbons (Fsp3) is 0.526. The van der Waals surface area contributed by atoms with Crippen molar-refractivity contribution in [2.45, 2.75) is 50.7 Å². The average molecular weight is 314 g/mol. The molecule has 1 unspecified atom stereocenters. The number of rotatable bonds is 1. The molecule has 0 saturated heterocycles. The first kappa shape index (κ1) is 14.9. The Morgan fingerprint density at radius 2 is 2.04 bits per heavy atom. The van der Waals surface area contributed by atoms with E-state index in [0.29, 0.717) is 25.7 Å². The molecule has 4 rings (SSSR count). The molecule has 4 nitrogen and oxygen atoms in total. The van der Waals surface area contributed by atoms with Crippen LogP contribution in [-0.2, 0) is 11.2 Å². The Balaban J connectivity index is 1.92. The zero-order chi connectivity index (χ0) is 16.4. The first-order valence-corrected chi connectivity index (χ1v) is 8.25. The van der Waals surface area contributed by atoms with Crippen molar-refractivity contribution in [3.63, 3.8) is 0 Å². The quantitative estimate of drug-likeness (QED) is 0.834. The predicted octanol–water partition coefficient (Wildman–Crippen LogP) is 2.26. The van der Waals surface area contributed by atoms with Gasteiger partial charge in [-0.1, -0.05) is 6.07 Å². The standard InChI is InChI=1S/C19H22O4/c1-18-10-15(20)17-13-5-4-12(23-2)9-11(13)3-6-14(17)19(18,22)8-7-16(18)21/h4-5,9,15,20,22H,3,6-8,10H2,1-2H3/t15?,18-,19+/m1/s1. The second-order valence-corrected chi connectivity index (χ2v) is 7.25. The van der Waals surface area contributed by atoms with Gasteiger partial charge in [0.15, 0.2) is 0 Å². The van der Waals surface area contributed by atoms with Gasteiger partial charge in [-0.05, 0) is 67.0 Å². The van der Waals surface area contributed by atoms with Crippen LogP contribution in [0.2, 0.25) is 0 Å². The third-order valence-electron chi connectivity index (χ3n) is 6.25. The smallest absolute Gasteiger partial charge is 0.142 e. The van der Waals surface area contributed by atoms with Crippen molar-refractivity contribution in [2.75, 3.05) is 7.11 Å². The molecule has 23 heavy (non-hydrogen) atoms. The summed E-state index contributed by atoms with van der Waals surface area (Å²) >= 11 is 0. The summed E-state index contributed by atoms with van der Waals surface area (Å²) < 4.78 is 5.29. The molecular weight excluding hydrogens is 292 g/mol. The van der Waals surface area contributed by atoms with Crippen LogP contribution in [0.15, 0.2) is 23.8 Å². The second-order valence-electron chi connectivity index (χ2n) is 7.25. The third-order valence-corrected chi connectivity index (χ3v) is 6.25. The van der Waals surface area contributed by atoms with Gasteiger partial charge in [0.2, 0.25) is 0 Å². The van der Waals surface area contributed by atoms with Crippen LogP contribution in [0.5, 0.6) is 5.75 Å². The molecule has 1 aromatic rings. The van der Waals surface area contributed by atoms with Gasteiger partial charge in [0.25, 0.3) is 0 Å². The van der Waals surface area contributed by atoms with Crippen molar-refractivity contribution in [2.24, 2.45) is 5.41 Å². The fourth-order valence-corrected chi connectivity index (χ4v) is 4.87. The van der Waals surface area contributed by atoms with Gasteiger partial charge in [-0.15, -0.1) is 0 Å². The lowest BCUT2D eigenvalue weighted by Gasteiger charge is -2.48. The van der Waals surface area contributed by atoms with Crippen LogP contribution in [0.4, 0.5) is 0 Å². The SMILES string of the molecule is COc1ccc2c(c1)CCC1=C2C(O)C[C@]2(C)C(=O)CC[C@]12O. The number of aryl methyl sites for hydroxylation is 1. The van der Waals surface area contributed by atoms with Gasteiger partial charge in [0.1, 0.15) is 11.5 Å². The minimum atomic E-state index is -1.10. The Labute approximate surface area is 135 Å². The number of fused-ring (bicyclic) bond motifs is 4. The number of carbonyl (C=O) groups excluding carboxylic acids is 1. The first-order valence-electron chi connectivity index (χ1n) is 8.25. The van der Waals surface area contributed by atoms with E-state index in [1.54, 1.807) is 7.11 Å². The molecule has 2 N–H and O–H groups in total. The van der Waals surface area contributed by atoms with E-state index < -0.39 is 17.1 Å². The number of hydrogen-bond acceptors (Lipinski definition) is 4. The molecule has 0 spiro atoms. The van der Waals surface area contributed by atoms with E-state index in [1.807, 2.05) is 25.1 Å². The van der Waals surface area contributed by atoms with Gasteiger partial charge in [0.05, 0.1) is 24.2 Å². The Morgan fingerprint density at radius 1 is 1.26 bits per heavy atom. The maximum absolute atomic E-state index is 12.4. The van der Waals surface area contributed by atoms with Crippen LogP contribution in [0.3, 0.4) is 0 Å². The lowest BCUT2D eigenvalue weighted by Crippen LogP contribution is -2.53. The van der Waals surface area contributed by atoms with Crippen LogP contribution < -0.4 is 4.74 Å². The third kappa shape index (κ3) is 1.76. The molecule has 3 aliphatic rings. The van der Waals surface area contributed by atoms with Gasteiger partial charge in [-0.3, -0.25) is 4.79 Å². The molecule has 0 radical (unpaired) electrons. The zero-order valence-electron chi connectivity index (χ0n) is 13.6. The molecule has 0 heterocycles. The number of methoxy groups -OCH3 is 1. The number of aliphatic hydroxyl groups is 2. The number of carbonyl (C=O) groups is 1. The normalized spacial score (nSPS) is 35.7. The van der Waals surface area contributed by atoms with Gasteiger partial charge in [-0.25, -0.2) is 0 Å². The van der Waals surface area contributed by atoms with E-state index >= 15 is 0 Å². The van der Waals surface area contributed by atoms with E-state index in [-0.39, 0.29) is 5.78 Å². The zero-order valence-corrected chi connectivity index (χ0v) is 13.6. The molecule has 3 aliphatic carbocycles. The van der Waals surface area contributed by atoms with Crippen molar-refractivity contribution in [1.29, 1.82) is 0 Å². The predicted molar refractivity (Wildman–Crippen MR) is 86.2 cm³/mol. The number of hydrogen-bond donors (Lipinski definition) is 2. The molecule has 4 heteroatoms. The highest BCUT2D eigenvalue weighted by Gasteiger charge is 2.62. The van der Waals surface area contributed by atoms with Crippen LogP contribution in [0.25, 0.3) is 5.57 Å². The molecule has 0 aliphatic heterocycles. The number of aliphatic hydroxyl groups excluding tert-OH is 1. The van der Waals surface area contributed by atoms with E-state index in [0.717, 1.165) is 34.4 Å². The molecule has 3 atom stereocenters. The van der Waals surface area contributed by atoms with Crippen LogP contribution in [-0.4, -0.2) is 34.8 Å². The summed E-state index contributed by atoms with van der Waals surface area (Å²) in [7, 11) is 1.64. The van der Waals surface area contributed by atoms with Gasteiger partial charge < -0.3 is 14.9 Å². The number of benzene rings is 1. The van der Waals surface area contributed by atoms with E-state index in [4.69, 9.17) is 4.74 Å². The number of Topliss-reactive ketones (excluding diaryl/α,β-unsaturated/α-hetero) is 1. The first-order chi connectivity index (χ1) is 10.9. The second kappa shape index (κ2) is 4.68. The van der Waals surface area contributed by atoms with Gasteiger partial charge >= 0.3 is 0 Å². The van der Waals surface area contributed by atoms with Gasteiger partial charge in [-0.2, -0.15) is 0 Å². The topological polar surface area (TPSA) is 66.8 Å². The van der Waals surface area contributed by atoms with Crippen LogP contribution in [0.1, 0.15) is 43.7 Å². The Kier molecular flexibility index (Phi) is 3.03. The highest BCUT2D eigenvalue weighted by Crippen LogP contribution is 2.58. The van der Waals surface area contributed by atoms with Crippen LogP contribution >= 0.6 is 0 Å². The fourth-order valence-electron chi connectivity index (χ4n) is 4.87. The van der Waals surface area contributed by atoms with Crippen molar-refractivity contribution < 1.29 is 19.7 Å². The Hall–Kier alpha value is -1.65. The molecule has 0 aromatic heterocycles. The Morgan fingerprint density at radius 3 is 2.78 bits per heavy atom. The van der Waals surface area contributed by atoms with Crippen molar-refractivity contribution in [3.05, 3.63) is 34.9 Å². The maximum Gasteiger partial charge on any atom is 0.142 e. The molecule has 0 bridgehead atoms. The molecule has 122 valence electrons. The molecule has 1 aromatic carbocycles. The lowest BCUT2D eigenvalue weighted by atomic mass is 9.59. The van der Waals surface area contributed by atoms with Gasteiger partial charge in [0, 0.05) is 6.42 Å². The van der Waals surface area contributed by atoms with Crippen molar-refractivity contribution >= 4 is 11.4 Å². The summed E-state index contributed by atoms with van der Waals surface area (Å²) in [6, 6.07) is 5.86. The molecular formula is C19H22O4. The number of ether oxygens (including phenoxy) is 1. The monoisotopic (exact) mass is 314 g/mol. The summed E-state index contributed by atoms with van der Waals surface area (Å²) in [4.78, 5) is 12.4. The summed E-state index contributed by atoms with van der Waals surface area (Å²) in [5.41, 5.74) is 1.89. The van der Waals surface area contributed by atoms with Crippen molar-refractivity contribution in [1.82, 2.24) is 0 Å². The lowest BCUT2D eigenvalue weighted by molar-refractivity contribution is -0.135. The van der Waals surface area contributed by atoms with E-state index in [9.17, 15) is 15.0 Å². The van der Waals surface area contributed by atoms with E-state index in [2.05, 4.69) is 0 Å². The van der Waals surface area contributed by atoms with E-state index in [1.165, 1.54) is 0 Å². The molecule has 0 amide bonds. The summed E-state index contributed by atoms with van der Waals surface area (Å²) in [6.07, 6.45) is 1.94.